The highest BCUT2D eigenvalue weighted by Gasteiger charge is 2.15. The summed E-state index contributed by atoms with van der Waals surface area (Å²) >= 11 is 0. The van der Waals surface area contributed by atoms with Crippen LogP contribution < -0.4 is 10.6 Å². The van der Waals surface area contributed by atoms with Crippen LogP contribution in [0.2, 0.25) is 0 Å². The van der Waals surface area contributed by atoms with Gasteiger partial charge in [-0.3, -0.25) is 4.79 Å². The average Bonchev–Trinajstić information content (AvgIpc) is 2.82. The molecule has 124 valence electrons. The minimum absolute atomic E-state index is 0.266. The normalized spacial score (nSPS) is 11.3. The van der Waals surface area contributed by atoms with E-state index in [2.05, 4.69) is 20.8 Å². The van der Waals surface area contributed by atoms with E-state index in [0.717, 1.165) is 0 Å². The number of pyridine rings is 1. The van der Waals surface area contributed by atoms with Gasteiger partial charge >= 0.3 is 6.09 Å². The highest BCUT2D eigenvalue weighted by molar-refractivity contribution is 5.96. The number of fused-ring (bicyclic) bond motifs is 1. The molecular formula is C15H20N4O4. The zero-order valence-electron chi connectivity index (χ0n) is 13.6. The van der Waals surface area contributed by atoms with Crippen molar-refractivity contribution in [2.24, 2.45) is 0 Å². The lowest BCUT2D eigenvalue weighted by Crippen LogP contribution is -2.37. The van der Waals surface area contributed by atoms with Crippen LogP contribution in [0.5, 0.6) is 0 Å². The van der Waals surface area contributed by atoms with Gasteiger partial charge in [-0.1, -0.05) is 5.16 Å². The first-order valence-corrected chi connectivity index (χ1v) is 7.23. The number of aryl methyl sites for hydroxylation is 1. The summed E-state index contributed by atoms with van der Waals surface area (Å²) in [6.45, 7) is 7.67. The predicted octanol–water partition coefficient (Wildman–Crippen LogP) is 1.79. The van der Waals surface area contributed by atoms with Crippen LogP contribution in [0.15, 0.2) is 16.8 Å². The molecule has 0 saturated carbocycles. The van der Waals surface area contributed by atoms with Crippen LogP contribution in [0, 0.1) is 6.92 Å². The summed E-state index contributed by atoms with van der Waals surface area (Å²) in [5.41, 5.74) is 0.922. The number of amides is 2. The van der Waals surface area contributed by atoms with Gasteiger partial charge < -0.3 is 19.9 Å². The second kappa shape index (κ2) is 6.64. The van der Waals surface area contributed by atoms with Crippen molar-refractivity contribution in [1.29, 1.82) is 0 Å². The Kier molecular flexibility index (Phi) is 4.83. The van der Waals surface area contributed by atoms with Gasteiger partial charge in [0.05, 0.1) is 16.6 Å². The Morgan fingerprint density at radius 1 is 1.26 bits per heavy atom. The molecule has 2 amide bonds. The minimum Gasteiger partial charge on any atom is -0.444 e. The maximum atomic E-state index is 12.0. The molecule has 0 saturated heterocycles. The maximum Gasteiger partial charge on any atom is 0.407 e. The standard InChI is InChI=1S/C15H20N4O4/c1-9-11-7-10(8-18-13(11)23-19-9)12(20)16-5-6-17-14(21)22-15(2,3)4/h7-8H,5-6H2,1-4H3,(H,16,20)(H,17,21). The Balaban J connectivity index is 1.82. The Labute approximate surface area is 133 Å². The number of aromatic nitrogens is 2. The molecule has 0 radical (unpaired) electrons. The molecule has 0 spiro atoms. The number of hydrogen-bond donors (Lipinski definition) is 2. The lowest BCUT2D eigenvalue weighted by molar-refractivity contribution is 0.0526. The van der Waals surface area contributed by atoms with E-state index in [0.29, 0.717) is 22.4 Å². The van der Waals surface area contributed by atoms with Gasteiger partial charge in [0.25, 0.3) is 11.6 Å². The Bertz CT molecular complexity index is 718. The molecule has 2 aromatic heterocycles. The second-order valence-electron chi connectivity index (χ2n) is 6.03. The molecule has 0 bridgehead atoms. The highest BCUT2D eigenvalue weighted by atomic mass is 16.6. The average molecular weight is 320 g/mol. The van der Waals surface area contributed by atoms with Crippen molar-refractivity contribution in [1.82, 2.24) is 20.8 Å². The number of nitrogens with zero attached hydrogens (tertiary/aromatic N) is 2. The maximum absolute atomic E-state index is 12.0. The highest BCUT2D eigenvalue weighted by Crippen LogP contribution is 2.16. The number of alkyl carbamates (subject to hydrolysis) is 1. The SMILES string of the molecule is Cc1noc2ncc(C(=O)NCCNC(=O)OC(C)(C)C)cc12. The van der Waals surface area contributed by atoms with Crippen molar-refractivity contribution in [3.63, 3.8) is 0 Å². The third kappa shape index (κ3) is 4.67. The number of carbonyl (C=O) groups excluding carboxylic acids is 2. The summed E-state index contributed by atoms with van der Waals surface area (Å²) < 4.78 is 10.1. The van der Waals surface area contributed by atoms with Gasteiger partial charge in [-0.05, 0) is 33.8 Å². The van der Waals surface area contributed by atoms with Crippen LogP contribution in [0.25, 0.3) is 11.1 Å². The minimum atomic E-state index is -0.551. The first-order chi connectivity index (χ1) is 10.8. The molecule has 0 aromatic carbocycles. The van der Waals surface area contributed by atoms with E-state index >= 15 is 0 Å². The molecule has 0 atom stereocenters. The van der Waals surface area contributed by atoms with Gasteiger partial charge in [0.15, 0.2) is 0 Å². The van der Waals surface area contributed by atoms with Gasteiger partial charge in [0, 0.05) is 19.3 Å². The lowest BCUT2D eigenvalue weighted by Gasteiger charge is -2.19. The van der Waals surface area contributed by atoms with Crippen LogP contribution in [-0.4, -0.2) is 40.8 Å². The van der Waals surface area contributed by atoms with E-state index in [9.17, 15) is 9.59 Å². The zero-order valence-corrected chi connectivity index (χ0v) is 13.6. The smallest absolute Gasteiger partial charge is 0.407 e. The van der Waals surface area contributed by atoms with Crippen LogP contribution in [0.3, 0.4) is 0 Å². The van der Waals surface area contributed by atoms with E-state index in [1.807, 2.05) is 0 Å². The van der Waals surface area contributed by atoms with Gasteiger partial charge in [0.2, 0.25) is 0 Å². The number of hydrogen-bond acceptors (Lipinski definition) is 6. The topological polar surface area (TPSA) is 106 Å². The number of nitrogens with one attached hydrogen (secondary N) is 2. The predicted molar refractivity (Wildman–Crippen MR) is 83.1 cm³/mol. The summed E-state index contributed by atoms with van der Waals surface area (Å²) in [4.78, 5) is 27.5. The summed E-state index contributed by atoms with van der Waals surface area (Å²) in [6.07, 6.45) is 0.902. The molecule has 8 nitrogen and oxygen atoms in total. The molecule has 2 rings (SSSR count). The van der Waals surface area contributed by atoms with E-state index in [1.165, 1.54) is 6.20 Å². The van der Waals surface area contributed by atoms with Crippen LogP contribution >= 0.6 is 0 Å². The van der Waals surface area contributed by atoms with Gasteiger partial charge in [-0.15, -0.1) is 0 Å². The third-order valence-electron chi connectivity index (χ3n) is 2.85. The number of rotatable bonds is 4. The van der Waals surface area contributed by atoms with E-state index in [-0.39, 0.29) is 19.0 Å². The van der Waals surface area contributed by atoms with Crippen molar-refractivity contribution in [3.8, 4) is 0 Å². The Morgan fingerprint density at radius 3 is 2.65 bits per heavy atom. The molecular weight excluding hydrogens is 300 g/mol. The molecule has 23 heavy (non-hydrogen) atoms. The van der Waals surface area contributed by atoms with Gasteiger partial charge in [-0.2, -0.15) is 0 Å². The summed E-state index contributed by atoms with van der Waals surface area (Å²) in [5.74, 6) is -0.286. The third-order valence-corrected chi connectivity index (χ3v) is 2.85. The summed E-state index contributed by atoms with van der Waals surface area (Å²) in [6, 6.07) is 1.67. The van der Waals surface area contributed by atoms with E-state index in [1.54, 1.807) is 33.8 Å². The van der Waals surface area contributed by atoms with E-state index in [4.69, 9.17) is 9.26 Å². The molecule has 0 aliphatic rings. The van der Waals surface area contributed by atoms with Crippen molar-refractivity contribution in [2.45, 2.75) is 33.3 Å². The van der Waals surface area contributed by atoms with Crippen molar-refractivity contribution >= 4 is 23.1 Å². The Hall–Kier alpha value is -2.64. The second-order valence-corrected chi connectivity index (χ2v) is 6.03. The van der Waals surface area contributed by atoms with E-state index < -0.39 is 11.7 Å². The number of ether oxygens (including phenoxy) is 1. The van der Waals surface area contributed by atoms with Gasteiger partial charge in [0.1, 0.15) is 5.60 Å². The fraction of sp³-hybridized carbons (Fsp3) is 0.467. The van der Waals surface area contributed by atoms with Crippen molar-refractivity contribution in [2.75, 3.05) is 13.1 Å². The molecule has 2 N–H and O–H groups in total. The zero-order chi connectivity index (χ0) is 17.0. The van der Waals surface area contributed by atoms with Crippen LogP contribution in [0.1, 0.15) is 36.8 Å². The molecule has 0 unspecified atom stereocenters. The molecule has 2 aromatic rings. The molecule has 0 aliphatic heterocycles. The quantitative estimate of drug-likeness (QED) is 0.832. The van der Waals surface area contributed by atoms with Crippen molar-refractivity contribution < 1.29 is 18.8 Å². The van der Waals surface area contributed by atoms with Crippen LogP contribution in [-0.2, 0) is 4.74 Å². The van der Waals surface area contributed by atoms with Gasteiger partial charge in [-0.25, -0.2) is 9.78 Å². The molecule has 0 aliphatic carbocycles. The largest absolute Gasteiger partial charge is 0.444 e. The monoisotopic (exact) mass is 320 g/mol. The Morgan fingerprint density at radius 2 is 1.96 bits per heavy atom. The first-order valence-electron chi connectivity index (χ1n) is 7.23. The van der Waals surface area contributed by atoms with Crippen molar-refractivity contribution in [3.05, 3.63) is 23.5 Å². The summed E-state index contributed by atoms with van der Waals surface area (Å²) in [5, 5.41) is 9.75. The first kappa shape index (κ1) is 16.7. The lowest BCUT2D eigenvalue weighted by atomic mass is 10.2. The fourth-order valence-corrected chi connectivity index (χ4v) is 1.83. The summed E-state index contributed by atoms with van der Waals surface area (Å²) in [7, 11) is 0. The fourth-order valence-electron chi connectivity index (χ4n) is 1.83. The molecule has 0 fully saturated rings. The number of carbonyl (C=O) groups is 2. The molecule has 8 heteroatoms. The van der Waals surface area contributed by atoms with Crippen LogP contribution in [0.4, 0.5) is 4.79 Å². The molecule has 2 heterocycles.